The van der Waals surface area contributed by atoms with E-state index in [1.165, 1.54) is 5.06 Å². The second kappa shape index (κ2) is 4.55. The van der Waals surface area contributed by atoms with Crippen LogP contribution in [-0.2, 0) is 19.1 Å². The molecule has 2 fully saturated rings. The van der Waals surface area contributed by atoms with Gasteiger partial charge in [0.25, 0.3) is 0 Å². The zero-order chi connectivity index (χ0) is 13.3. The minimum Gasteiger partial charge on any atom is -0.399 e. The number of hydrogen-bond donors (Lipinski definition) is 0. The quantitative estimate of drug-likeness (QED) is 0.590. The molecule has 0 amide bonds. The zero-order valence-corrected chi connectivity index (χ0v) is 10.2. The predicted octanol–water partition coefficient (Wildman–Crippen LogP) is 1.22. The highest BCUT2D eigenvalue weighted by Crippen LogP contribution is 2.35. The van der Waals surface area contributed by atoms with Gasteiger partial charge in [-0.2, -0.15) is 0 Å². The monoisotopic (exact) mass is 263 g/mol. The van der Waals surface area contributed by atoms with E-state index in [1.807, 2.05) is 18.2 Å². The number of para-hydroxylation sites is 1. The molecule has 2 aliphatic heterocycles. The third-order valence-electron chi connectivity index (χ3n) is 3.11. The third-order valence-corrected chi connectivity index (χ3v) is 3.11. The Bertz CT molecular complexity index is 485. The van der Waals surface area contributed by atoms with Crippen molar-refractivity contribution in [2.75, 3.05) is 6.54 Å². The fourth-order valence-electron chi connectivity index (χ4n) is 2.22. The average Bonchev–Trinajstić information content (AvgIpc) is 2.70. The van der Waals surface area contributed by atoms with E-state index < -0.39 is 17.8 Å². The van der Waals surface area contributed by atoms with Gasteiger partial charge in [0.05, 0.1) is 0 Å². The lowest BCUT2D eigenvalue weighted by atomic mass is 10.1. The highest BCUT2D eigenvalue weighted by molar-refractivity contribution is 6.31. The Morgan fingerprint density at radius 3 is 2.42 bits per heavy atom. The largest absolute Gasteiger partial charge is 0.422 e. The number of piperidine rings is 1. The maximum absolute atomic E-state index is 11.3. The Balaban J connectivity index is 1.82. The summed E-state index contributed by atoms with van der Waals surface area (Å²) in [6.07, 6.45) is 2.09. The third kappa shape index (κ3) is 2.15. The first-order chi connectivity index (χ1) is 9.20. The number of benzene rings is 1. The van der Waals surface area contributed by atoms with Crippen molar-refractivity contribution in [1.29, 1.82) is 0 Å². The Labute approximate surface area is 109 Å². The molecule has 19 heavy (non-hydrogen) atoms. The average molecular weight is 263 g/mol. The van der Waals surface area contributed by atoms with Crippen molar-refractivity contribution >= 4 is 11.9 Å². The van der Waals surface area contributed by atoms with Gasteiger partial charge < -0.3 is 14.3 Å². The molecule has 0 radical (unpaired) electrons. The molecule has 0 N–H and O–H groups in total. The molecule has 1 aromatic carbocycles. The molecule has 6 nitrogen and oxygen atoms in total. The van der Waals surface area contributed by atoms with Crippen molar-refractivity contribution in [2.45, 2.75) is 25.2 Å². The summed E-state index contributed by atoms with van der Waals surface area (Å²) in [5.74, 6) is -2.74. The van der Waals surface area contributed by atoms with Gasteiger partial charge in [-0.1, -0.05) is 23.3 Å². The van der Waals surface area contributed by atoms with Crippen LogP contribution in [-0.4, -0.2) is 29.5 Å². The van der Waals surface area contributed by atoms with Gasteiger partial charge in [0.15, 0.2) is 0 Å². The van der Waals surface area contributed by atoms with Crippen LogP contribution in [0.4, 0.5) is 0 Å². The number of esters is 2. The fourth-order valence-corrected chi connectivity index (χ4v) is 2.22. The standard InChI is InChI=1S/C13H13NO5/c15-11-12(16)18-13(17-11)8-4-5-9-14(13)19-10-6-2-1-3-7-10/h1-3,6-7H,4-5,8-9H2. The van der Waals surface area contributed by atoms with Crippen molar-refractivity contribution in [1.82, 2.24) is 5.06 Å². The summed E-state index contributed by atoms with van der Waals surface area (Å²) in [6.45, 7) is 0.523. The molecule has 2 saturated heterocycles. The molecule has 2 heterocycles. The van der Waals surface area contributed by atoms with Gasteiger partial charge in [0, 0.05) is 13.0 Å². The summed E-state index contributed by atoms with van der Waals surface area (Å²) in [6, 6.07) is 9.09. The van der Waals surface area contributed by atoms with E-state index in [0.29, 0.717) is 18.7 Å². The molecule has 0 aromatic heterocycles. The van der Waals surface area contributed by atoms with E-state index in [-0.39, 0.29) is 0 Å². The number of ether oxygens (including phenoxy) is 2. The second-order valence-corrected chi connectivity index (χ2v) is 4.46. The number of hydroxylamine groups is 2. The van der Waals surface area contributed by atoms with Crippen LogP contribution in [0.3, 0.4) is 0 Å². The van der Waals surface area contributed by atoms with E-state index >= 15 is 0 Å². The summed E-state index contributed by atoms with van der Waals surface area (Å²) < 4.78 is 10.2. The molecular weight excluding hydrogens is 250 g/mol. The summed E-state index contributed by atoms with van der Waals surface area (Å²) in [7, 11) is 0. The Morgan fingerprint density at radius 2 is 1.74 bits per heavy atom. The van der Waals surface area contributed by atoms with Gasteiger partial charge in [-0.05, 0) is 25.0 Å². The van der Waals surface area contributed by atoms with Crippen LogP contribution in [0.25, 0.3) is 0 Å². The van der Waals surface area contributed by atoms with E-state index in [2.05, 4.69) is 0 Å². The summed E-state index contributed by atoms with van der Waals surface area (Å²) >= 11 is 0. The topological polar surface area (TPSA) is 65.1 Å². The van der Waals surface area contributed by atoms with Crippen LogP contribution < -0.4 is 4.84 Å². The zero-order valence-electron chi connectivity index (χ0n) is 10.2. The smallest absolute Gasteiger partial charge is 0.399 e. The lowest BCUT2D eigenvalue weighted by Crippen LogP contribution is -2.54. The Hall–Kier alpha value is -2.08. The van der Waals surface area contributed by atoms with Gasteiger partial charge in [0.1, 0.15) is 5.75 Å². The molecule has 6 heteroatoms. The van der Waals surface area contributed by atoms with Gasteiger partial charge in [0.2, 0.25) is 0 Å². The molecule has 3 rings (SSSR count). The van der Waals surface area contributed by atoms with Gasteiger partial charge >= 0.3 is 17.8 Å². The van der Waals surface area contributed by atoms with Crippen LogP contribution in [0.5, 0.6) is 5.75 Å². The lowest BCUT2D eigenvalue weighted by molar-refractivity contribution is -0.341. The number of nitrogens with zero attached hydrogens (tertiary/aromatic N) is 1. The van der Waals surface area contributed by atoms with Crippen LogP contribution in [0.1, 0.15) is 19.3 Å². The van der Waals surface area contributed by atoms with E-state index in [0.717, 1.165) is 12.8 Å². The molecule has 2 aliphatic rings. The highest BCUT2D eigenvalue weighted by atomic mass is 16.9. The molecule has 0 aliphatic carbocycles. The molecular formula is C13H13NO5. The number of carbonyl (C=O) groups excluding carboxylic acids is 2. The number of rotatable bonds is 2. The summed E-state index contributed by atoms with van der Waals surface area (Å²) in [5, 5.41) is 1.43. The molecule has 0 unspecified atom stereocenters. The van der Waals surface area contributed by atoms with Crippen molar-refractivity contribution in [3.8, 4) is 5.75 Å². The summed E-state index contributed by atoms with van der Waals surface area (Å²) in [4.78, 5) is 28.2. The van der Waals surface area contributed by atoms with Crippen LogP contribution in [0.2, 0.25) is 0 Å². The second-order valence-electron chi connectivity index (χ2n) is 4.46. The SMILES string of the molecule is O=C1OC2(CCCCN2Oc2ccccc2)OC1=O. The Morgan fingerprint density at radius 1 is 1.05 bits per heavy atom. The van der Waals surface area contributed by atoms with Crippen LogP contribution in [0, 0.1) is 0 Å². The first-order valence-electron chi connectivity index (χ1n) is 6.17. The van der Waals surface area contributed by atoms with E-state index in [9.17, 15) is 9.59 Å². The predicted molar refractivity (Wildman–Crippen MR) is 62.5 cm³/mol. The van der Waals surface area contributed by atoms with Gasteiger partial charge in [-0.3, -0.25) is 0 Å². The lowest BCUT2D eigenvalue weighted by Gasteiger charge is -2.38. The number of carbonyl (C=O) groups is 2. The van der Waals surface area contributed by atoms with E-state index in [1.54, 1.807) is 12.1 Å². The van der Waals surface area contributed by atoms with Crippen LogP contribution >= 0.6 is 0 Å². The molecule has 1 spiro atoms. The minimum atomic E-state index is -1.40. The van der Waals surface area contributed by atoms with Gasteiger partial charge in [-0.15, -0.1) is 0 Å². The maximum Gasteiger partial charge on any atom is 0.422 e. The molecule has 1 aromatic rings. The molecule has 100 valence electrons. The Kier molecular flexibility index (Phi) is 2.87. The first kappa shape index (κ1) is 12.0. The van der Waals surface area contributed by atoms with Gasteiger partial charge in [-0.25, -0.2) is 9.59 Å². The van der Waals surface area contributed by atoms with Crippen molar-refractivity contribution in [3.05, 3.63) is 30.3 Å². The molecule has 0 saturated carbocycles. The summed E-state index contributed by atoms with van der Waals surface area (Å²) in [5.41, 5.74) is 0. The van der Waals surface area contributed by atoms with Crippen LogP contribution in [0.15, 0.2) is 30.3 Å². The minimum absolute atomic E-state index is 0.414. The van der Waals surface area contributed by atoms with Crippen molar-refractivity contribution in [3.63, 3.8) is 0 Å². The molecule has 0 bridgehead atoms. The van der Waals surface area contributed by atoms with Crippen molar-refractivity contribution in [2.24, 2.45) is 0 Å². The normalized spacial score (nSPS) is 22.1. The molecule has 0 atom stereocenters. The van der Waals surface area contributed by atoms with Crippen molar-refractivity contribution < 1.29 is 23.9 Å². The number of hydrogen-bond acceptors (Lipinski definition) is 6. The fraction of sp³-hybridized carbons (Fsp3) is 0.385. The highest BCUT2D eigenvalue weighted by Gasteiger charge is 2.55. The maximum atomic E-state index is 11.3. The first-order valence-corrected chi connectivity index (χ1v) is 6.17. The van der Waals surface area contributed by atoms with E-state index in [4.69, 9.17) is 14.3 Å².